The number of aliphatic hydroxyl groups is 1. The van der Waals surface area contributed by atoms with Crippen LogP contribution in [0.2, 0.25) is 0 Å². The number of aliphatic hydroxyl groups excluding tert-OH is 1. The van der Waals surface area contributed by atoms with Crippen molar-refractivity contribution in [2.24, 2.45) is 0 Å². The van der Waals surface area contributed by atoms with Crippen LogP contribution in [0.3, 0.4) is 0 Å². The fourth-order valence-corrected chi connectivity index (χ4v) is 1.57. The molecule has 0 heterocycles. The van der Waals surface area contributed by atoms with Gasteiger partial charge in [0.1, 0.15) is 6.10 Å². The van der Waals surface area contributed by atoms with Gasteiger partial charge in [-0.2, -0.15) is 0 Å². The zero-order valence-corrected chi connectivity index (χ0v) is 10.7. The van der Waals surface area contributed by atoms with E-state index in [0.717, 1.165) is 18.4 Å². The zero-order chi connectivity index (χ0) is 12.5. The Kier molecular flexibility index (Phi) is 6.86. The van der Waals surface area contributed by atoms with Gasteiger partial charge in [-0.15, -0.1) is 0 Å². The Morgan fingerprint density at radius 2 is 1.88 bits per heavy atom. The number of rotatable bonds is 8. The number of aryl methyl sites for hydroxylation is 1. The first kappa shape index (κ1) is 14.2. The van der Waals surface area contributed by atoms with E-state index in [9.17, 15) is 5.11 Å². The molecule has 1 unspecified atom stereocenters. The second-order valence-electron chi connectivity index (χ2n) is 4.03. The number of benzene rings is 1. The molecule has 0 aromatic heterocycles. The maximum Gasteiger partial charge on any atom is 0.102 e. The molecule has 0 fully saturated rings. The van der Waals surface area contributed by atoms with E-state index in [-0.39, 0.29) is 0 Å². The van der Waals surface area contributed by atoms with Crippen LogP contribution < -0.4 is 0 Å². The lowest BCUT2D eigenvalue weighted by Crippen LogP contribution is -2.09. The van der Waals surface area contributed by atoms with E-state index in [1.165, 1.54) is 5.56 Å². The summed E-state index contributed by atoms with van der Waals surface area (Å²) in [5.41, 5.74) is 2.19. The largest absolute Gasteiger partial charge is 0.386 e. The van der Waals surface area contributed by atoms with Crippen LogP contribution in [0.25, 0.3) is 0 Å². The lowest BCUT2D eigenvalue weighted by atomic mass is 10.1. The molecule has 3 heteroatoms. The third kappa shape index (κ3) is 5.31. The summed E-state index contributed by atoms with van der Waals surface area (Å²) in [6.07, 6.45) is 1.34. The van der Waals surface area contributed by atoms with Crippen molar-refractivity contribution in [1.29, 1.82) is 0 Å². The fraction of sp³-hybridized carbons (Fsp3) is 0.571. The van der Waals surface area contributed by atoms with Gasteiger partial charge in [-0.3, -0.25) is 0 Å². The van der Waals surface area contributed by atoms with Gasteiger partial charge >= 0.3 is 0 Å². The van der Waals surface area contributed by atoms with Crippen molar-refractivity contribution < 1.29 is 14.6 Å². The second-order valence-corrected chi connectivity index (χ2v) is 4.03. The SMILES string of the molecule is CCc1ccc(C(O)COCCCOC)cc1. The zero-order valence-electron chi connectivity index (χ0n) is 10.7. The molecule has 0 aliphatic heterocycles. The quantitative estimate of drug-likeness (QED) is 0.706. The van der Waals surface area contributed by atoms with Gasteiger partial charge in [0.25, 0.3) is 0 Å². The first-order valence-corrected chi connectivity index (χ1v) is 6.11. The molecule has 0 saturated heterocycles. The van der Waals surface area contributed by atoms with Crippen LogP contribution in [0.4, 0.5) is 0 Å². The smallest absolute Gasteiger partial charge is 0.102 e. The lowest BCUT2D eigenvalue weighted by Gasteiger charge is -2.12. The molecular weight excluding hydrogens is 216 g/mol. The minimum atomic E-state index is -0.538. The third-order valence-electron chi connectivity index (χ3n) is 2.69. The number of methoxy groups -OCH3 is 1. The monoisotopic (exact) mass is 238 g/mol. The van der Waals surface area contributed by atoms with E-state index in [2.05, 4.69) is 6.92 Å². The van der Waals surface area contributed by atoms with Crippen molar-refractivity contribution in [1.82, 2.24) is 0 Å². The van der Waals surface area contributed by atoms with Crippen LogP contribution in [0.5, 0.6) is 0 Å². The molecule has 1 N–H and O–H groups in total. The van der Waals surface area contributed by atoms with Crippen molar-refractivity contribution in [3.05, 3.63) is 35.4 Å². The first-order valence-electron chi connectivity index (χ1n) is 6.11. The fourth-order valence-electron chi connectivity index (χ4n) is 1.57. The highest BCUT2D eigenvalue weighted by Gasteiger charge is 2.06. The van der Waals surface area contributed by atoms with Crippen molar-refractivity contribution in [2.45, 2.75) is 25.9 Å². The summed E-state index contributed by atoms with van der Waals surface area (Å²) in [6.45, 7) is 3.78. The normalized spacial score (nSPS) is 12.6. The van der Waals surface area contributed by atoms with E-state index >= 15 is 0 Å². The Morgan fingerprint density at radius 3 is 2.47 bits per heavy atom. The van der Waals surface area contributed by atoms with E-state index in [0.29, 0.717) is 19.8 Å². The number of hydrogen-bond donors (Lipinski definition) is 1. The standard InChI is InChI=1S/C14H22O3/c1-3-12-5-7-13(8-6-12)14(15)11-17-10-4-9-16-2/h5-8,14-15H,3-4,9-11H2,1-2H3. The Labute approximate surface area is 103 Å². The molecule has 0 aliphatic rings. The highest BCUT2D eigenvalue weighted by Crippen LogP contribution is 2.14. The van der Waals surface area contributed by atoms with Crippen LogP contribution in [-0.4, -0.2) is 32.0 Å². The molecule has 1 aromatic carbocycles. The summed E-state index contributed by atoms with van der Waals surface area (Å²) in [6, 6.07) is 8.01. The summed E-state index contributed by atoms with van der Waals surface area (Å²) >= 11 is 0. The molecule has 3 nitrogen and oxygen atoms in total. The molecule has 0 amide bonds. The molecule has 0 aliphatic carbocycles. The van der Waals surface area contributed by atoms with Crippen LogP contribution >= 0.6 is 0 Å². The van der Waals surface area contributed by atoms with Crippen LogP contribution in [0.1, 0.15) is 30.6 Å². The highest BCUT2D eigenvalue weighted by molar-refractivity contribution is 5.24. The Hall–Kier alpha value is -0.900. The van der Waals surface area contributed by atoms with Crippen molar-refractivity contribution in [3.8, 4) is 0 Å². The molecule has 96 valence electrons. The molecular formula is C14H22O3. The van der Waals surface area contributed by atoms with Crippen LogP contribution in [-0.2, 0) is 15.9 Å². The van der Waals surface area contributed by atoms with Gasteiger partial charge in [0, 0.05) is 20.3 Å². The molecule has 1 rings (SSSR count). The molecule has 0 bridgehead atoms. The van der Waals surface area contributed by atoms with E-state index < -0.39 is 6.10 Å². The molecule has 17 heavy (non-hydrogen) atoms. The summed E-state index contributed by atoms with van der Waals surface area (Å²) in [4.78, 5) is 0. The van der Waals surface area contributed by atoms with Gasteiger partial charge in [0.05, 0.1) is 6.61 Å². The van der Waals surface area contributed by atoms with Gasteiger partial charge in [-0.05, 0) is 24.0 Å². The maximum atomic E-state index is 9.88. The predicted octanol–water partition coefficient (Wildman–Crippen LogP) is 2.34. The molecule has 0 spiro atoms. The predicted molar refractivity (Wildman–Crippen MR) is 68.1 cm³/mol. The minimum Gasteiger partial charge on any atom is -0.386 e. The topological polar surface area (TPSA) is 38.7 Å². The maximum absolute atomic E-state index is 9.88. The number of hydrogen-bond acceptors (Lipinski definition) is 3. The highest BCUT2D eigenvalue weighted by atomic mass is 16.5. The van der Waals surface area contributed by atoms with Crippen LogP contribution in [0, 0.1) is 0 Å². The Balaban J connectivity index is 2.28. The second kappa shape index (κ2) is 8.23. The Bertz CT molecular complexity index is 295. The van der Waals surface area contributed by atoms with Gasteiger partial charge in [-0.1, -0.05) is 31.2 Å². The molecule has 0 radical (unpaired) electrons. The van der Waals surface area contributed by atoms with Gasteiger partial charge < -0.3 is 14.6 Å². The summed E-state index contributed by atoms with van der Waals surface area (Å²) in [5, 5.41) is 9.88. The van der Waals surface area contributed by atoms with Gasteiger partial charge in [0.2, 0.25) is 0 Å². The first-order chi connectivity index (χ1) is 8.27. The number of ether oxygens (including phenoxy) is 2. The van der Waals surface area contributed by atoms with E-state index in [1.807, 2.05) is 24.3 Å². The van der Waals surface area contributed by atoms with Gasteiger partial charge in [0.15, 0.2) is 0 Å². The average Bonchev–Trinajstić information content (AvgIpc) is 2.38. The minimum absolute atomic E-state index is 0.342. The summed E-state index contributed by atoms with van der Waals surface area (Å²) in [7, 11) is 1.67. The average molecular weight is 238 g/mol. The Morgan fingerprint density at radius 1 is 1.18 bits per heavy atom. The molecule has 1 aromatic rings. The van der Waals surface area contributed by atoms with Crippen molar-refractivity contribution >= 4 is 0 Å². The van der Waals surface area contributed by atoms with Crippen molar-refractivity contribution in [3.63, 3.8) is 0 Å². The third-order valence-corrected chi connectivity index (χ3v) is 2.69. The molecule has 0 saturated carbocycles. The lowest BCUT2D eigenvalue weighted by molar-refractivity contribution is 0.0279. The van der Waals surface area contributed by atoms with Crippen LogP contribution in [0.15, 0.2) is 24.3 Å². The van der Waals surface area contributed by atoms with E-state index in [4.69, 9.17) is 9.47 Å². The van der Waals surface area contributed by atoms with Crippen molar-refractivity contribution in [2.75, 3.05) is 26.9 Å². The summed E-state index contributed by atoms with van der Waals surface area (Å²) < 4.78 is 10.3. The van der Waals surface area contributed by atoms with Gasteiger partial charge in [-0.25, -0.2) is 0 Å². The van der Waals surface area contributed by atoms with E-state index in [1.54, 1.807) is 7.11 Å². The molecule has 1 atom stereocenters. The summed E-state index contributed by atoms with van der Waals surface area (Å²) in [5.74, 6) is 0.